The highest BCUT2D eigenvalue weighted by molar-refractivity contribution is 5.91. The smallest absolute Gasteiger partial charge is 0.318 e. The Kier molecular flexibility index (Phi) is 6.63. The third kappa shape index (κ3) is 5.36. The number of benzene rings is 2. The van der Waals surface area contributed by atoms with Crippen LogP contribution in [0, 0.1) is 25.7 Å². The van der Waals surface area contributed by atoms with Crippen LogP contribution in [0.25, 0.3) is 10.9 Å². The Morgan fingerprint density at radius 2 is 1.94 bits per heavy atom. The molecule has 4 aromatic rings. The number of nitrogens with one attached hydrogen (secondary N) is 2. The largest absolute Gasteiger partial charge is 0.455 e. The van der Waals surface area contributed by atoms with E-state index in [1.165, 1.54) is 6.33 Å². The number of pyridine rings is 1. The third-order valence-corrected chi connectivity index (χ3v) is 5.89. The van der Waals surface area contributed by atoms with Crippen LogP contribution in [0.1, 0.15) is 23.2 Å². The van der Waals surface area contributed by atoms with Gasteiger partial charge in [0.1, 0.15) is 23.6 Å². The molecule has 2 aromatic heterocycles. The summed E-state index contributed by atoms with van der Waals surface area (Å²) in [5.74, 6) is 8.27. The van der Waals surface area contributed by atoms with E-state index in [4.69, 9.17) is 4.74 Å². The predicted molar refractivity (Wildman–Crippen MR) is 140 cm³/mol. The molecule has 36 heavy (non-hydrogen) atoms. The molecule has 180 valence electrons. The molecule has 0 unspecified atom stereocenters. The van der Waals surface area contributed by atoms with Crippen LogP contribution in [0.2, 0.25) is 0 Å². The number of urea groups is 1. The van der Waals surface area contributed by atoms with E-state index in [0.29, 0.717) is 18.1 Å². The number of amides is 2. The molecule has 1 fully saturated rings. The van der Waals surface area contributed by atoms with Gasteiger partial charge in [0.05, 0.1) is 18.3 Å². The maximum Gasteiger partial charge on any atom is 0.318 e. The number of hydrogen-bond acceptors (Lipinski definition) is 6. The van der Waals surface area contributed by atoms with Gasteiger partial charge in [-0.05, 0) is 74.4 Å². The van der Waals surface area contributed by atoms with Gasteiger partial charge in [0.25, 0.3) is 0 Å². The van der Waals surface area contributed by atoms with Crippen LogP contribution < -0.4 is 15.4 Å². The van der Waals surface area contributed by atoms with Crippen molar-refractivity contribution in [3.05, 3.63) is 77.9 Å². The second-order valence-corrected chi connectivity index (χ2v) is 8.60. The molecule has 8 nitrogen and oxygen atoms in total. The zero-order chi connectivity index (χ0) is 24.9. The van der Waals surface area contributed by atoms with E-state index < -0.39 is 0 Å². The molecule has 8 heteroatoms. The van der Waals surface area contributed by atoms with E-state index in [-0.39, 0.29) is 6.03 Å². The number of rotatable bonds is 5. The summed E-state index contributed by atoms with van der Waals surface area (Å²) in [4.78, 5) is 26.8. The van der Waals surface area contributed by atoms with E-state index in [9.17, 15) is 4.79 Å². The van der Waals surface area contributed by atoms with E-state index in [0.717, 1.165) is 58.7 Å². The summed E-state index contributed by atoms with van der Waals surface area (Å²) in [6, 6.07) is 15.4. The second kappa shape index (κ2) is 10.3. The van der Waals surface area contributed by atoms with Crippen molar-refractivity contribution in [3.8, 4) is 23.3 Å². The number of nitrogens with zero attached hydrogens (tertiary/aromatic N) is 4. The summed E-state index contributed by atoms with van der Waals surface area (Å²) >= 11 is 0. The Morgan fingerprint density at radius 3 is 2.69 bits per heavy atom. The zero-order valence-electron chi connectivity index (χ0n) is 20.2. The Balaban J connectivity index is 1.30. The van der Waals surface area contributed by atoms with E-state index in [2.05, 4.69) is 37.4 Å². The van der Waals surface area contributed by atoms with Gasteiger partial charge in [0.15, 0.2) is 0 Å². The minimum Gasteiger partial charge on any atom is -0.455 e. The normalized spacial score (nSPS) is 12.3. The molecule has 1 aliphatic heterocycles. The standard InChI is InChI=1S/C28H26N6O2/c1-19-15-22(8-11-26(19)36-23-9-6-20(2)30-17-23)33-27-24-16-21(7-10-25(24)31-18-32-27)5-3-12-29-28(35)34-13-4-14-34/h6-11,15-18H,4,12-14H2,1-2H3,(H,29,35)(H,31,32,33). The fraction of sp³-hybridized carbons (Fsp3) is 0.214. The first-order valence-corrected chi connectivity index (χ1v) is 11.8. The van der Waals surface area contributed by atoms with Crippen molar-refractivity contribution in [2.75, 3.05) is 25.0 Å². The summed E-state index contributed by atoms with van der Waals surface area (Å²) in [6.45, 7) is 5.87. The second-order valence-electron chi connectivity index (χ2n) is 8.60. The molecule has 3 heterocycles. The maximum atomic E-state index is 11.9. The van der Waals surface area contributed by atoms with E-state index >= 15 is 0 Å². The molecule has 0 atom stereocenters. The van der Waals surface area contributed by atoms with Crippen LogP contribution in [0.15, 0.2) is 61.1 Å². The molecule has 1 aliphatic rings. The minimum atomic E-state index is -0.0591. The van der Waals surface area contributed by atoms with Gasteiger partial charge >= 0.3 is 6.03 Å². The Morgan fingerprint density at radius 1 is 1.06 bits per heavy atom. The number of ether oxygens (including phenoxy) is 1. The van der Waals surface area contributed by atoms with Crippen LogP contribution in [0.3, 0.4) is 0 Å². The van der Waals surface area contributed by atoms with Gasteiger partial charge in [0.2, 0.25) is 0 Å². The van der Waals surface area contributed by atoms with Crippen molar-refractivity contribution in [3.63, 3.8) is 0 Å². The molecule has 0 spiro atoms. The first kappa shape index (κ1) is 23.1. The van der Waals surface area contributed by atoms with Crippen molar-refractivity contribution in [1.82, 2.24) is 25.2 Å². The average molecular weight is 479 g/mol. The van der Waals surface area contributed by atoms with Crippen molar-refractivity contribution in [2.24, 2.45) is 0 Å². The number of carbonyl (C=O) groups excluding carboxylic acids is 1. The zero-order valence-corrected chi connectivity index (χ0v) is 20.2. The van der Waals surface area contributed by atoms with Crippen LogP contribution in [-0.2, 0) is 0 Å². The van der Waals surface area contributed by atoms with Gasteiger partial charge in [-0.2, -0.15) is 0 Å². The van der Waals surface area contributed by atoms with Gasteiger partial charge < -0.3 is 20.3 Å². The van der Waals surface area contributed by atoms with Gasteiger partial charge in [-0.1, -0.05) is 11.8 Å². The Bertz CT molecular complexity index is 1470. The summed E-state index contributed by atoms with van der Waals surface area (Å²) in [5.41, 5.74) is 4.44. The first-order chi connectivity index (χ1) is 17.5. The lowest BCUT2D eigenvalue weighted by Gasteiger charge is -2.30. The topological polar surface area (TPSA) is 92.3 Å². The lowest BCUT2D eigenvalue weighted by atomic mass is 10.1. The summed E-state index contributed by atoms with van der Waals surface area (Å²) in [6.07, 6.45) is 4.32. The Hall–Kier alpha value is -4.64. The predicted octanol–water partition coefficient (Wildman–Crippen LogP) is 4.94. The highest BCUT2D eigenvalue weighted by atomic mass is 16.5. The molecule has 0 bridgehead atoms. The van der Waals surface area contributed by atoms with Crippen LogP contribution in [0.4, 0.5) is 16.3 Å². The third-order valence-electron chi connectivity index (χ3n) is 5.89. The molecular weight excluding hydrogens is 452 g/mol. The molecule has 0 radical (unpaired) electrons. The first-order valence-electron chi connectivity index (χ1n) is 11.8. The number of likely N-dealkylation sites (tertiary alicyclic amines) is 1. The van der Waals surface area contributed by atoms with E-state index in [1.54, 1.807) is 11.1 Å². The van der Waals surface area contributed by atoms with Crippen molar-refractivity contribution in [2.45, 2.75) is 20.3 Å². The minimum absolute atomic E-state index is 0.0591. The van der Waals surface area contributed by atoms with Gasteiger partial charge in [0, 0.05) is 35.4 Å². The monoisotopic (exact) mass is 478 g/mol. The van der Waals surface area contributed by atoms with Gasteiger partial charge in [-0.25, -0.2) is 14.8 Å². The molecule has 2 amide bonds. The number of carbonyl (C=O) groups is 1. The quantitative estimate of drug-likeness (QED) is 0.395. The fourth-order valence-electron chi connectivity index (χ4n) is 3.75. The molecule has 2 N–H and O–H groups in total. The molecule has 2 aromatic carbocycles. The highest BCUT2D eigenvalue weighted by Gasteiger charge is 2.18. The van der Waals surface area contributed by atoms with Crippen molar-refractivity contribution < 1.29 is 9.53 Å². The van der Waals surface area contributed by atoms with Crippen molar-refractivity contribution in [1.29, 1.82) is 0 Å². The molecule has 0 aliphatic carbocycles. The highest BCUT2D eigenvalue weighted by Crippen LogP contribution is 2.29. The summed E-state index contributed by atoms with van der Waals surface area (Å²) in [7, 11) is 0. The Labute approximate surface area is 209 Å². The van der Waals surface area contributed by atoms with Crippen LogP contribution in [0.5, 0.6) is 11.5 Å². The number of anilines is 2. The molecule has 5 rings (SSSR count). The van der Waals surface area contributed by atoms with Crippen molar-refractivity contribution >= 4 is 28.4 Å². The number of fused-ring (bicyclic) bond motifs is 1. The van der Waals surface area contributed by atoms with E-state index in [1.807, 2.05) is 62.4 Å². The van der Waals surface area contributed by atoms with Crippen LogP contribution >= 0.6 is 0 Å². The average Bonchev–Trinajstić information content (AvgIpc) is 2.84. The SMILES string of the molecule is Cc1ccc(Oc2ccc(Nc3ncnc4ccc(C#CCNC(=O)N5CCC5)cc34)cc2C)cn1. The fourth-order valence-corrected chi connectivity index (χ4v) is 3.75. The molecular formula is C28H26N6O2. The van der Waals surface area contributed by atoms with Gasteiger partial charge in [-0.15, -0.1) is 0 Å². The maximum absolute atomic E-state index is 11.9. The molecule has 1 saturated heterocycles. The summed E-state index contributed by atoms with van der Waals surface area (Å²) < 4.78 is 5.98. The lowest BCUT2D eigenvalue weighted by molar-refractivity contribution is 0.169. The lowest BCUT2D eigenvalue weighted by Crippen LogP contribution is -2.47. The molecule has 0 saturated carbocycles. The number of aryl methyl sites for hydroxylation is 2. The number of aromatic nitrogens is 3. The summed E-state index contributed by atoms with van der Waals surface area (Å²) in [5, 5.41) is 7.08. The van der Waals surface area contributed by atoms with Gasteiger partial charge in [-0.3, -0.25) is 4.98 Å². The number of hydrogen-bond donors (Lipinski definition) is 2. The van der Waals surface area contributed by atoms with Crippen LogP contribution in [-0.4, -0.2) is 45.5 Å².